The van der Waals surface area contributed by atoms with E-state index >= 15 is 0 Å². The maximum absolute atomic E-state index is 11.9. The summed E-state index contributed by atoms with van der Waals surface area (Å²) in [6.07, 6.45) is 5.84. The van der Waals surface area contributed by atoms with E-state index in [4.69, 9.17) is 5.11 Å². The van der Waals surface area contributed by atoms with E-state index < -0.39 is 16.0 Å². The van der Waals surface area contributed by atoms with E-state index in [1.165, 1.54) is 29.4 Å². The second kappa shape index (κ2) is 5.47. The van der Waals surface area contributed by atoms with Crippen molar-refractivity contribution < 1.29 is 18.3 Å². The number of carboxylic acids is 1. The third-order valence-corrected chi connectivity index (χ3v) is 4.08. The molecule has 0 aromatic carbocycles. The zero-order chi connectivity index (χ0) is 14.8. The number of nitrogens with one attached hydrogen (secondary N) is 1. The second-order valence-corrected chi connectivity index (χ2v) is 5.98. The molecule has 2 aromatic heterocycles. The molecule has 0 unspecified atom stereocenters. The Morgan fingerprint density at radius 2 is 2.20 bits per heavy atom. The number of carboxylic acid groups (broad SMARTS) is 1. The van der Waals surface area contributed by atoms with Gasteiger partial charge in [-0.3, -0.25) is 0 Å². The molecule has 0 aliphatic carbocycles. The summed E-state index contributed by atoms with van der Waals surface area (Å²) in [4.78, 5) is 14.5. The predicted octanol–water partition coefficient (Wildman–Crippen LogP) is -0.102. The van der Waals surface area contributed by atoms with E-state index in [1.807, 2.05) is 0 Å². The molecule has 8 nitrogen and oxygen atoms in total. The molecule has 108 valence electrons. The summed E-state index contributed by atoms with van der Waals surface area (Å²) in [5, 5.41) is 8.71. The molecule has 0 bridgehead atoms. The molecule has 0 saturated heterocycles. The molecule has 2 aromatic rings. The fourth-order valence-corrected chi connectivity index (χ4v) is 2.69. The Labute approximate surface area is 115 Å². The smallest absolute Gasteiger partial charge is 0.356 e. The maximum atomic E-state index is 11.9. The fourth-order valence-electron chi connectivity index (χ4n) is 1.62. The molecule has 0 spiro atoms. The molecule has 0 aliphatic rings. The van der Waals surface area contributed by atoms with Gasteiger partial charge in [-0.15, -0.1) is 0 Å². The molecular formula is C11H14N4O4S. The van der Waals surface area contributed by atoms with Gasteiger partial charge in [0.25, 0.3) is 0 Å². The van der Waals surface area contributed by atoms with Gasteiger partial charge in [0.1, 0.15) is 0 Å². The van der Waals surface area contributed by atoms with E-state index in [0.29, 0.717) is 6.54 Å². The minimum Gasteiger partial charge on any atom is -0.476 e. The highest BCUT2D eigenvalue weighted by molar-refractivity contribution is 7.89. The number of rotatable bonds is 6. The SMILES string of the molecule is Cn1ccc(S(=O)(=O)NCCn2cnc(C(=O)O)c2)c1. The molecular weight excluding hydrogens is 284 g/mol. The number of imidazole rings is 1. The molecule has 2 N–H and O–H groups in total. The third kappa shape index (κ3) is 3.25. The third-order valence-electron chi connectivity index (χ3n) is 2.63. The number of nitrogens with zero attached hydrogens (tertiary/aromatic N) is 3. The first kappa shape index (κ1) is 14.3. The van der Waals surface area contributed by atoms with Crippen molar-refractivity contribution >= 4 is 16.0 Å². The molecule has 20 heavy (non-hydrogen) atoms. The first-order chi connectivity index (χ1) is 9.38. The van der Waals surface area contributed by atoms with Crippen LogP contribution in [-0.4, -0.2) is 40.2 Å². The van der Waals surface area contributed by atoms with E-state index in [2.05, 4.69) is 9.71 Å². The zero-order valence-electron chi connectivity index (χ0n) is 10.7. The molecule has 2 heterocycles. The van der Waals surface area contributed by atoms with Crippen LogP contribution in [0.4, 0.5) is 0 Å². The van der Waals surface area contributed by atoms with Gasteiger partial charge in [-0.1, -0.05) is 0 Å². The summed E-state index contributed by atoms with van der Waals surface area (Å²) >= 11 is 0. The fraction of sp³-hybridized carbons (Fsp3) is 0.273. The number of carbonyl (C=O) groups is 1. The monoisotopic (exact) mass is 298 g/mol. The van der Waals surface area contributed by atoms with Crippen LogP contribution in [0, 0.1) is 0 Å². The Bertz CT molecular complexity index is 716. The molecule has 0 aliphatic heterocycles. The Morgan fingerprint density at radius 1 is 1.45 bits per heavy atom. The first-order valence-corrected chi connectivity index (χ1v) is 7.23. The van der Waals surface area contributed by atoms with E-state index in [9.17, 15) is 13.2 Å². The van der Waals surface area contributed by atoms with Gasteiger partial charge in [0.2, 0.25) is 10.0 Å². The van der Waals surface area contributed by atoms with Gasteiger partial charge in [-0.2, -0.15) is 0 Å². The van der Waals surface area contributed by atoms with Crippen molar-refractivity contribution in [3.8, 4) is 0 Å². The average molecular weight is 298 g/mol. The van der Waals surface area contributed by atoms with Crippen LogP contribution >= 0.6 is 0 Å². The van der Waals surface area contributed by atoms with Crippen molar-refractivity contribution in [1.82, 2.24) is 18.8 Å². The summed E-state index contributed by atoms with van der Waals surface area (Å²) in [6, 6.07) is 1.50. The van der Waals surface area contributed by atoms with Crippen molar-refractivity contribution in [2.45, 2.75) is 11.4 Å². The van der Waals surface area contributed by atoms with Crippen molar-refractivity contribution in [3.63, 3.8) is 0 Å². The van der Waals surface area contributed by atoms with Gasteiger partial charge in [-0.25, -0.2) is 22.9 Å². The summed E-state index contributed by atoms with van der Waals surface area (Å²) in [7, 11) is -1.81. The van der Waals surface area contributed by atoms with E-state index in [1.54, 1.807) is 17.8 Å². The van der Waals surface area contributed by atoms with Crippen LogP contribution in [-0.2, 0) is 23.6 Å². The highest BCUT2D eigenvalue weighted by Gasteiger charge is 2.14. The van der Waals surface area contributed by atoms with Gasteiger partial charge in [0, 0.05) is 38.7 Å². The van der Waals surface area contributed by atoms with Crippen molar-refractivity contribution in [3.05, 3.63) is 36.7 Å². The molecule has 0 fully saturated rings. The lowest BCUT2D eigenvalue weighted by atomic mass is 10.5. The topological polar surface area (TPSA) is 106 Å². The Hall–Kier alpha value is -2.13. The molecule has 0 saturated carbocycles. The molecule has 0 amide bonds. The number of hydrogen-bond donors (Lipinski definition) is 2. The van der Waals surface area contributed by atoms with Crippen molar-refractivity contribution in [1.29, 1.82) is 0 Å². The second-order valence-electron chi connectivity index (χ2n) is 4.21. The molecule has 0 radical (unpaired) electrons. The van der Waals surface area contributed by atoms with Gasteiger partial charge in [-0.05, 0) is 6.07 Å². The minimum atomic E-state index is -3.54. The van der Waals surface area contributed by atoms with Crippen LogP contribution in [0.2, 0.25) is 0 Å². The van der Waals surface area contributed by atoms with E-state index in [0.717, 1.165) is 0 Å². The molecule has 2 rings (SSSR count). The van der Waals surface area contributed by atoms with Crippen LogP contribution in [0.5, 0.6) is 0 Å². The summed E-state index contributed by atoms with van der Waals surface area (Å²) in [5.74, 6) is -1.12. The minimum absolute atomic E-state index is 0.0732. The number of aromatic nitrogens is 3. The highest BCUT2D eigenvalue weighted by Crippen LogP contribution is 2.07. The van der Waals surface area contributed by atoms with Gasteiger partial charge >= 0.3 is 5.97 Å². The quantitative estimate of drug-likeness (QED) is 0.774. The van der Waals surface area contributed by atoms with Gasteiger partial charge in [0.15, 0.2) is 5.69 Å². The lowest BCUT2D eigenvalue weighted by Gasteiger charge is -2.05. The zero-order valence-corrected chi connectivity index (χ0v) is 11.5. The van der Waals surface area contributed by atoms with E-state index in [-0.39, 0.29) is 17.1 Å². The first-order valence-electron chi connectivity index (χ1n) is 5.75. The van der Waals surface area contributed by atoms with Crippen LogP contribution < -0.4 is 4.72 Å². The van der Waals surface area contributed by atoms with Crippen LogP contribution in [0.15, 0.2) is 35.9 Å². The number of sulfonamides is 1. The van der Waals surface area contributed by atoms with Crippen LogP contribution in [0.3, 0.4) is 0 Å². The number of aryl methyl sites for hydroxylation is 1. The summed E-state index contributed by atoms with van der Waals surface area (Å²) < 4.78 is 29.4. The maximum Gasteiger partial charge on any atom is 0.356 e. The Kier molecular flexibility index (Phi) is 3.91. The Balaban J connectivity index is 1.93. The predicted molar refractivity (Wildman–Crippen MR) is 69.8 cm³/mol. The number of aromatic carboxylic acids is 1. The highest BCUT2D eigenvalue weighted by atomic mass is 32.2. The number of hydrogen-bond acceptors (Lipinski definition) is 4. The van der Waals surface area contributed by atoms with Crippen LogP contribution in [0.1, 0.15) is 10.5 Å². The lowest BCUT2D eigenvalue weighted by molar-refractivity contribution is 0.0691. The van der Waals surface area contributed by atoms with Gasteiger partial charge < -0.3 is 14.2 Å². The largest absolute Gasteiger partial charge is 0.476 e. The van der Waals surface area contributed by atoms with Crippen molar-refractivity contribution in [2.75, 3.05) is 6.54 Å². The Morgan fingerprint density at radius 3 is 2.75 bits per heavy atom. The van der Waals surface area contributed by atoms with Crippen LogP contribution in [0.25, 0.3) is 0 Å². The standard InChI is InChI=1S/C11H14N4O4S/c1-14-4-2-9(6-14)20(18,19)13-3-5-15-7-10(11(16)17)12-8-15/h2,4,6-8,13H,3,5H2,1H3,(H,16,17). The lowest BCUT2D eigenvalue weighted by Crippen LogP contribution is -2.27. The molecule has 0 atom stereocenters. The van der Waals surface area contributed by atoms with Gasteiger partial charge in [0.05, 0.1) is 11.2 Å². The summed E-state index contributed by atoms with van der Waals surface area (Å²) in [6.45, 7) is 0.443. The normalized spacial score (nSPS) is 11.7. The summed E-state index contributed by atoms with van der Waals surface area (Å²) in [5.41, 5.74) is -0.0732. The van der Waals surface area contributed by atoms with Crippen molar-refractivity contribution in [2.24, 2.45) is 7.05 Å². The molecule has 9 heteroatoms. The average Bonchev–Trinajstić information content (AvgIpc) is 2.98.